The summed E-state index contributed by atoms with van der Waals surface area (Å²) in [6.45, 7) is 0. The van der Waals surface area contributed by atoms with Crippen LogP contribution in [0.2, 0.25) is 0 Å². The van der Waals surface area contributed by atoms with Crippen molar-refractivity contribution in [2.24, 2.45) is 0 Å². The minimum atomic E-state index is -4.56. The van der Waals surface area contributed by atoms with E-state index in [1.807, 2.05) is 0 Å². The van der Waals surface area contributed by atoms with Crippen LogP contribution >= 0.6 is 32.9 Å². The molecule has 100 valence electrons. The molecule has 4 nitrogen and oxygen atoms in total. The second-order valence-electron chi connectivity index (χ2n) is 4.05. The van der Waals surface area contributed by atoms with Crippen LogP contribution in [-0.2, 0) is 16.5 Å². The smallest absolute Gasteiger partial charge is 0.744 e. The third kappa shape index (κ3) is 2.64. The largest absolute Gasteiger partial charge is 1.00 e. The van der Waals surface area contributed by atoms with Gasteiger partial charge >= 0.3 is 29.6 Å². The summed E-state index contributed by atoms with van der Waals surface area (Å²) >= 11 is 5.24. The maximum Gasteiger partial charge on any atom is 1.00 e. The van der Waals surface area contributed by atoms with E-state index < -0.39 is 10.1 Å². The van der Waals surface area contributed by atoms with E-state index in [1.165, 1.54) is 33.9 Å². The summed E-state index contributed by atoms with van der Waals surface area (Å²) in [6.07, 6.45) is 0.666. The Labute approximate surface area is 150 Å². The normalized spacial score (nSPS) is 12.5. The van der Waals surface area contributed by atoms with Gasteiger partial charge in [0.2, 0.25) is 0 Å². The zero-order chi connectivity index (χ0) is 13.8. The van der Waals surface area contributed by atoms with Crippen molar-refractivity contribution >= 4 is 43.0 Å². The van der Waals surface area contributed by atoms with Gasteiger partial charge in [-0.3, -0.25) is 0 Å². The number of rotatable bonds is 2. The molecule has 0 aliphatic heterocycles. The molecule has 0 fully saturated rings. The summed E-state index contributed by atoms with van der Waals surface area (Å²) in [7, 11) is -0.202. The average Bonchev–Trinajstić information content (AvgIpc) is 2.86. The minimum Gasteiger partial charge on any atom is -0.744 e. The quantitative estimate of drug-likeness (QED) is 0.281. The Hall–Kier alpha value is 0.200. The van der Waals surface area contributed by atoms with Crippen molar-refractivity contribution in [3.05, 3.63) is 27.1 Å². The van der Waals surface area contributed by atoms with Crippen LogP contribution in [0.15, 0.2) is 17.0 Å². The summed E-state index contributed by atoms with van der Waals surface area (Å²) in [5.41, 5.74) is 2.77. The number of hydrogen-bond acceptors (Lipinski definition) is 7. The number of ether oxygens (including phenoxy) is 1. The molecule has 0 N–H and O–H groups in total. The zero-order valence-corrected chi connectivity index (χ0v) is 15.9. The molecule has 0 spiro atoms. The van der Waals surface area contributed by atoms with E-state index in [2.05, 4.69) is 0 Å². The molecule has 0 saturated carbocycles. The molecular weight excluding hydrogens is 347 g/mol. The summed E-state index contributed by atoms with van der Waals surface area (Å²) in [5, 5.41) is 0. The summed E-state index contributed by atoms with van der Waals surface area (Å²) in [5.74, 6) is 0.0958. The van der Waals surface area contributed by atoms with Gasteiger partial charge in [-0.2, -0.15) is 0 Å². The number of benzene rings is 1. The van der Waals surface area contributed by atoms with Gasteiger partial charge in [-0.15, -0.1) is 0 Å². The average molecular weight is 354 g/mol. The van der Waals surface area contributed by atoms with Crippen molar-refractivity contribution in [2.45, 2.75) is 11.3 Å². The molecule has 0 unspecified atom stereocenters. The second kappa shape index (κ2) is 5.77. The Morgan fingerprint density at radius 2 is 2.05 bits per heavy atom. The third-order valence-electron chi connectivity index (χ3n) is 2.99. The molecule has 1 aliphatic rings. The molecule has 9 heteroatoms. The molecule has 1 aliphatic carbocycles. The Morgan fingerprint density at radius 1 is 1.35 bits per heavy atom. The Bertz CT molecular complexity index is 835. The fourth-order valence-electron chi connectivity index (χ4n) is 2.14. The SMILES string of the molecule is COc1cc2c(cc1S(=O)(=O)[O-])-c1ssc(=S)c1C2.[Na+]. The Balaban J connectivity index is 0.00000147. The van der Waals surface area contributed by atoms with Crippen LogP contribution in [0.1, 0.15) is 11.1 Å². The van der Waals surface area contributed by atoms with Gasteiger partial charge in [-0.05, 0) is 23.3 Å². The monoisotopic (exact) mass is 354 g/mol. The Kier molecular flexibility index (Phi) is 4.78. The molecule has 0 atom stereocenters. The zero-order valence-electron chi connectivity index (χ0n) is 10.6. The Morgan fingerprint density at radius 3 is 2.65 bits per heavy atom. The topological polar surface area (TPSA) is 66.4 Å². The molecule has 1 aromatic heterocycles. The second-order valence-corrected chi connectivity index (χ2v) is 8.22. The van der Waals surface area contributed by atoms with Crippen molar-refractivity contribution in [2.75, 3.05) is 7.11 Å². The molecule has 0 saturated heterocycles. The standard InChI is InChI=1S/C11H8O4S4.Na/c1-15-8-3-5-2-7-10(17-18-11(7)16)6(5)4-9(8)19(12,13)14;/h3-4H,2H2,1H3,(H,12,13,14);/q;+1/p-1. The number of hydrogen-bond donors (Lipinski definition) is 0. The summed E-state index contributed by atoms with van der Waals surface area (Å²) < 4.78 is 39.7. The predicted molar refractivity (Wildman–Crippen MR) is 75.8 cm³/mol. The first-order chi connectivity index (χ1) is 8.91. The van der Waals surface area contributed by atoms with Crippen molar-refractivity contribution in [3.63, 3.8) is 0 Å². The molecule has 1 heterocycles. The van der Waals surface area contributed by atoms with Gasteiger partial charge in [0.1, 0.15) is 19.7 Å². The molecular formula is C11H7NaO4S4. The predicted octanol–water partition coefficient (Wildman–Crippen LogP) is 0.0270. The van der Waals surface area contributed by atoms with E-state index >= 15 is 0 Å². The molecule has 2 aromatic rings. The number of methoxy groups -OCH3 is 1. The van der Waals surface area contributed by atoms with E-state index in [1.54, 1.807) is 6.07 Å². The van der Waals surface area contributed by atoms with Crippen LogP contribution in [0.4, 0.5) is 0 Å². The van der Waals surface area contributed by atoms with Crippen LogP contribution in [0.25, 0.3) is 10.4 Å². The maximum absolute atomic E-state index is 11.3. The molecule has 0 amide bonds. The van der Waals surface area contributed by atoms with Crippen molar-refractivity contribution in [1.82, 2.24) is 0 Å². The first-order valence-corrected chi connectivity index (χ1v) is 9.17. The van der Waals surface area contributed by atoms with Gasteiger partial charge in [-0.25, -0.2) is 8.42 Å². The first-order valence-electron chi connectivity index (χ1n) is 5.21. The van der Waals surface area contributed by atoms with Gasteiger partial charge in [0.25, 0.3) is 0 Å². The molecule has 0 radical (unpaired) electrons. The van der Waals surface area contributed by atoms with E-state index in [0.29, 0.717) is 6.42 Å². The van der Waals surface area contributed by atoms with Gasteiger partial charge < -0.3 is 9.29 Å². The van der Waals surface area contributed by atoms with E-state index in [0.717, 1.165) is 25.4 Å². The van der Waals surface area contributed by atoms with Gasteiger partial charge in [0.05, 0.1) is 16.9 Å². The maximum atomic E-state index is 11.3. The molecule has 0 bridgehead atoms. The van der Waals surface area contributed by atoms with Crippen molar-refractivity contribution < 1.29 is 47.3 Å². The van der Waals surface area contributed by atoms with E-state index in [4.69, 9.17) is 17.0 Å². The summed E-state index contributed by atoms with van der Waals surface area (Å²) in [4.78, 5) is 0.656. The van der Waals surface area contributed by atoms with E-state index in [-0.39, 0.29) is 40.2 Å². The van der Waals surface area contributed by atoms with Gasteiger partial charge in [0.15, 0.2) is 0 Å². The minimum absolute atomic E-state index is 0. The van der Waals surface area contributed by atoms with Crippen LogP contribution < -0.4 is 34.3 Å². The van der Waals surface area contributed by atoms with Crippen LogP contribution in [0.3, 0.4) is 0 Å². The van der Waals surface area contributed by atoms with Crippen LogP contribution in [-0.4, -0.2) is 20.1 Å². The fourth-order valence-corrected chi connectivity index (χ4v) is 5.74. The summed E-state index contributed by atoms with van der Waals surface area (Å²) in [6, 6.07) is 3.02. The van der Waals surface area contributed by atoms with Crippen molar-refractivity contribution in [1.29, 1.82) is 0 Å². The van der Waals surface area contributed by atoms with Crippen molar-refractivity contribution in [3.8, 4) is 16.2 Å². The van der Waals surface area contributed by atoms with Crippen LogP contribution in [0, 0.1) is 3.82 Å². The van der Waals surface area contributed by atoms with Crippen LogP contribution in [0.5, 0.6) is 5.75 Å². The molecule has 1 aromatic carbocycles. The van der Waals surface area contributed by atoms with Gasteiger partial charge in [0, 0.05) is 12.0 Å². The van der Waals surface area contributed by atoms with Gasteiger partial charge in [-0.1, -0.05) is 32.9 Å². The third-order valence-corrected chi connectivity index (χ3v) is 7.03. The number of fused-ring (bicyclic) bond motifs is 3. The fraction of sp³-hybridized carbons (Fsp3) is 0.182. The first kappa shape index (κ1) is 16.6. The van der Waals surface area contributed by atoms with E-state index in [9.17, 15) is 13.0 Å². The molecule has 3 rings (SSSR count). The molecule has 20 heavy (non-hydrogen) atoms.